The van der Waals surface area contributed by atoms with E-state index in [1.54, 1.807) is 7.11 Å². The average molecular weight is 280 g/mol. The molecule has 0 aliphatic heterocycles. The molecule has 0 spiro atoms. The highest BCUT2D eigenvalue weighted by Gasteiger charge is 2.24. The molecule has 0 N–H and O–H groups in total. The van der Waals surface area contributed by atoms with E-state index in [0.717, 1.165) is 22.4 Å². The van der Waals surface area contributed by atoms with Crippen molar-refractivity contribution >= 4 is 5.78 Å². The molecular weight excluding hydrogens is 260 g/mol. The van der Waals surface area contributed by atoms with Gasteiger partial charge in [-0.1, -0.05) is 30.7 Å². The van der Waals surface area contributed by atoms with E-state index in [9.17, 15) is 4.79 Å². The summed E-state index contributed by atoms with van der Waals surface area (Å²) in [6, 6.07) is 13.7. The van der Waals surface area contributed by atoms with E-state index in [1.165, 1.54) is 24.8 Å². The minimum absolute atomic E-state index is 0.114. The Kier molecular flexibility index (Phi) is 3.78. The Morgan fingerprint density at radius 2 is 1.90 bits per heavy atom. The first-order valence-corrected chi connectivity index (χ1v) is 7.49. The lowest BCUT2D eigenvalue weighted by Gasteiger charge is -2.27. The van der Waals surface area contributed by atoms with Crippen molar-refractivity contribution < 1.29 is 9.53 Å². The van der Waals surface area contributed by atoms with Crippen molar-refractivity contribution in [1.29, 1.82) is 0 Å². The van der Waals surface area contributed by atoms with Gasteiger partial charge in [0.25, 0.3) is 0 Å². The van der Waals surface area contributed by atoms with Gasteiger partial charge in [-0.2, -0.15) is 0 Å². The molecule has 2 nitrogen and oxygen atoms in total. The summed E-state index contributed by atoms with van der Waals surface area (Å²) in [6.45, 7) is 1.97. The summed E-state index contributed by atoms with van der Waals surface area (Å²) in [5.41, 5.74) is 3.79. The quantitative estimate of drug-likeness (QED) is 0.771. The van der Waals surface area contributed by atoms with E-state index in [-0.39, 0.29) is 5.78 Å². The van der Waals surface area contributed by atoms with Gasteiger partial charge in [0, 0.05) is 11.1 Å². The van der Waals surface area contributed by atoms with Crippen LogP contribution in [0.1, 0.15) is 52.2 Å². The van der Waals surface area contributed by atoms with Crippen LogP contribution in [0, 0.1) is 6.92 Å². The second kappa shape index (κ2) is 5.72. The van der Waals surface area contributed by atoms with Gasteiger partial charge in [-0.25, -0.2) is 0 Å². The van der Waals surface area contributed by atoms with Crippen molar-refractivity contribution in [2.24, 2.45) is 0 Å². The van der Waals surface area contributed by atoms with Gasteiger partial charge in [0.05, 0.1) is 7.11 Å². The molecule has 0 radical (unpaired) electrons. The van der Waals surface area contributed by atoms with Crippen LogP contribution in [0.5, 0.6) is 5.75 Å². The molecule has 21 heavy (non-hydrogen) atoms. The number of carbonyl (C=O) groups excluding carboxylic acids is 1. The second-order valence-electron chi connectivity index (χ2n) is 5.73. The van der Waals surface area contributed by atoms with Crippen molar-refractivity contribution in [3.05, 3.63) is 64.7 Å². The van der Waals surface area contributed by atoms with Crippen LogP contribution in [-0.2, 0) is 0 Å². The SMILES string of the molecule is COc1ccc(C(=O)c2ccccc2C2CCC2)cc1C. The lowest BCUT2D eigenvalue weighted by Crippen LogP contribution is -2.14. The Morgan fingerprint density at radius 1 is 1.14 bits per heavy atom. The summed E-state index contributed by atoms with van der Waals surface area (Å²) in [7, 11) is 1.65. The third-order valence-electron chi connectivity index (χ3n) is 4.41. The van der Waals surface area contributed by atoms with E-state index < -0.39 is 0 Å². The molecule has 1 aliphatic carbocycles. The molecule has 2 heteroatoms. The molecule has 0 bridgehead atoms. The van der Waals surface area contributed by atoms with Crippen molar-refractivity contribution in [2.75, 3.05) is 7.11 Å². The number of aryl methyl sites for hydroxylation is 1. The number of ether oxygens (including phenoxy) is 1. The smallest absolute Gasteiger partial charge is 0.193 e. The topological polar surface area (TPSA) is 26.3 Å². The molecule has 1 fully saturated rings. The van der Waals surface area contributed by atoms with Crippen molar-refractivity contribution in [2.45, 2.75) is 32.1 Å². The van der Waals surface area contributed by atoms with Gasteiger partial charge >= 0.3 is 0 Å². The molecule has 0 aromatic heterocycles. The Hall–Kier alpha value is -2.09. The van der Waals surface area contributed by atoms with Gasteiger partial charge in [-0.05, 0) is 55.0 Å². The van der Waals surface area contributed by atoms with Crippen molar-refractivity contribution in [3.63, 3.8) is 0 Å². The zero-order valence-corrected chi connectivity index (χ0v) is 12.6. The minimum atomic E-state index is 0.114. The summed E-state index contributed by atoms with van der Waals surface area (Å²) < 4.78 is 5.26. The van der Waals surface area contributed by atoms with Crippen LogP contribution < -0.4 is 4.74 Å². The minimum Gasteiger partial charge on any atom is -0.496 e. The van der Waals surface area contributed by atoms with Crippen LogP contribution >= 0.6 is 0 Å². The van der Waals surface area contributed by atoms with Crippen LogP contribution in [0.4, 0.5) is 0 Å². The number of carbonyl (C=O) groups is 1. The van der Waals surface area contributed by atoms with Crippen LogP contribution in [0.15, 0.2) is 42.5 Å². The largest absolute Gasteiger partial charge is 0.496 e. The number of methoxy groups -OCH3 is 1. The Bertz CT molecular complexity index is 669. The molecule has 3 rings (SSSR count). The van der Waals surface area contributed by atoms with E-state index in [0.29, 0.717) is 5.92 Å². The lowest BCUT2D eigenvalue weighted by atomic mass is 9.77. The zero-order valence-electron chi connectivity index (χ0n) is 12.6. The molecular formula is C19H20O2. The molecule has 0 heterocycles. The van der Waals surface area contributed by atoms with Crippen LogP contribution in [-0.4, -0.2) is 12.9 Å². The fourth-order valence-corrected chi connectivity index (χ4v) is 2.95. The predicted molar refractivity (Wildman–Crippen MR) is 84.2 cm³/mol. The summed E-state index contributed by atoms with van der Waals surface area (Å²) in [4.78, 5) is 12.8. The Morgan fingerprint density at radius 3 is 2.52 bits per heavy atom. The first kappa shape index (κ1) is 13.9. The summed E-state index contributed by atoms with van der Waals surface area (Å²) in [6.07, 6.45) is 3.67. The molecule has 2 aromatic carbocycles. The summed E-state index contributed by atoms with van der Waals surface area (Å²) in [5.74, 6) is 1.49. The number of ketones is 1. The summed E-state index contributed by atoms with van der Waals surface area (Å²) >= 11 is 0. The van der Waals surface area contributed by atoms with Gasteiger partial charge < -0.3 is 4.74 Å². The fraction of sp³-hybridized carbons (Fsp3) is 0.316. The molecule has 108 valence electrons. The zero-order chi connectivity index (χ0) is 14.8. The third kappa shape index (κ3) is 2.58. The molecule has 2 aromatic rings. The molecule has 0 saturated heterocycles. The second-order valence-corrected chi connectivity index (χ2v) is 5.73. The van der Waals surface area contributed by atoms with E-state index in [1.807, 2.05) is 43.3 Å². The first-order chi connectivity index (χ1) is 10.2. The standard InChI is InChI=1S/C19H20O2/c1-13-12-15(10-11-18(13)21-2)19(20)17-9-4-3-8-16(17)14-6-5-7-14/h3-4,8-12,14H,5-7H2,1-2H3. The van der Waals surface area contributed by atoms with Gasteiger partial charge in [-0.3, -0.25) is 4.79 Å². The molecule has 0 amide bonds. The number of hydrogen-bond donors (Lipinski definition) is 0. The normalized spacial score (nSPS) is 14.6. The molecule has 0 atom stereocenters. The fourth-order valence-electron chi connectivity index (χ4n) is 2.95. The van der Waals surface area contributed by atoms with E-state index in [4.69, 9.17) is 4.74 Å². The Labute approximate surface area is 125 Å². The average Bonchev–Trinajstić information content (AvgIpc) is 2.45. The highest BCUT2D eigenvalue weighted by molar-refractivity contribution is 6.10. The maximum absolute atomic E-state index is 12.8. The number of benzene rings is 2. The molecule has 1 saturated carbocycles. The Balaban J connectivity index is 1.97. The van der Waals surface area contributed by atoms with Crippen LogP contribution in [0.25, 0.3) is 0 Å². The number of hydrogen-bond acceptors (Lipinski definition) is 2. The number of rotatable bonds is 4. The van der Waals surface area contributed by atoms with E-state index >= 15 is 0 Å². The van der Waals surface area contributed by atoms with Crippen molar-refractivity contribution in [1.82, 2.24) is 0 Å². The maximum Gasteiger partial charge on any atom is 0.193 e. The molecule has 1 aliphatic rings. The first-order valence-electron chi connectivity index (χ1n) is 7.49. The monoisotopic (exact) mass is 280 g/mol. The van der Waals surface area contributed by atoms with E-state index in [2.05, 4.69) is 6.07 Å². The van der Waals surface area contributed by atoms with Gasteiger partial charge in [0.1, 0.15) is 5.75 Å². The summed E-state index contributed by atoms with van der Waals surface area (Å²) in [5, 5.41) is 0. The maximum atomic E-state index is 12.8. The third-order valence-corrected chi connectivity index (χ3v) is 4.41. The van der Waals surface area contributed by atoms with Crippen LogP contribution in [0.2, 0.25) is 0 Å². The van der Waals surface area contributed by atoms with Gasteiger partial charge in [0.15, 0.2) is 5.78 Å². The predicted octanol–water partition coefficient (Wildman–Crippen LogP) is 4.50. The van der Waals surface area contributed by atoms with Gasteiger partial charge in [0.2, 0.25) is 0 Å². The van der Waals surface area contributed by atoms with Crippen molar-refractivity contribution in [3.8, 4) is 5.75 Å². The molecule has 0 unspecified atom stereocenters. The van der Waals surface area contributed by atoms with Gasteiger partial charge in [-0.15, -0.1) is 0 Å². The highest BCUT2D eigenvalue weighted by atomic mass is 16.5. The highest BCUT2D eigenvalue weighted by Crippen LogP contribution is 2.38. The lowest BCUT2D eigenvalue weighted by molar-refractivity contribution is 0.103. The van der Waals surface area contributed by atoms with Crippen LogP contribution in [0.3, 0.4) is 0 Å².